The maximum atomic E-state index is 12.4. The minimum Gasteiger partial charge on any atom is -0.355 e. The predicted molar refractivity (Wildman–Crippen MR) is 73.5 cm³/mol. The van der Waals surface area contributed by atoms with Crippen molar-refractivity contribution in [1.29, 1.82) is 0 Å². The Bertz CT molecular complexity index is 312. The van der Waals surface area contributed by atoms with E-state index in [1.807, 2.05) is 16.7 Å². The molecule has 2 unspecified atom stereocenters. The summed E-state index contributed by atoms with van der Waals surface area (Å²) >= 11 is 1.91. The van der Waals surface area contributed by atoms with Crippen LogP contribution in [0.2, 0.25) is 0 Å². The van der Waals surface area contributed by atoms with E-state index in [0.29, 0.717) is 24.6 Å². The number of thioether (sulfide) groups is 1. The minimum absolute atomic E-state index is 0.00790. The molecule has 2 aliphatic heterocycles. The quantitative estimate of drug-likeness (QED) is 0.822. The highest BCUT2D eigenvalue weighted by molar-refractivity contribution is 7.99. The summed E-state index contributed by atoms with van der Waals surface area (Å²) in [7, 11) is 0. The van der Waals surface area contributed by atoms with E-state index in [9.17, 15) is 9.59 Å². The van der Waals surface area contributed by atoms with Crippen molar-refractivity contribution in [1.82, 2.24) is 10.2 Å². The summed E-state index contributed by atoms with van der Waals surface area (Å²) < 4.78 is 0. The van der Waals surface area contributed by atoms with Crippen LogP contribution in [0.1, 0.15) is 32.1 Å². The molecule has 102 valence electrons. The molecule has 0 spiro atoms. The monoisotopic (exact) mass is 270 g/mol. The number of hydrogen-bond donors (Lipinski definition) is 1. The Morgan fingerprint density at radius 1 is 1.33 bits per heavy atom. The SMILES string of the molecule is CSC1CCCN(C(=O)C2CCC(=O)NC2)CC1. The molecule has 0 aromatic heterocycles. The molecule has 0 aromatic carbocycles. The van der Waals surface area contributed by atoms with Gasteiger partial charge in [0, 0.05) is 31.3 Å². The van der Waals surface area contributed by atoms with Gasteiger partial charge in [0.15, 0.2) is 0 Å². The number of hydrogen-bond acceptors (Lipinski definition) is 3. The van der Waals surface area contributed by atoms with E-state index >= 15 is 0 Å². The van der Waals surface area contributed by atoms with Crippen LogP contribution in [0.5, 0.6) is 0 Å². The average molecular weight is 270 g/mol. The standard InChI is InChI=1S/C13H22N2O2S/c1-18-11-3-2-7-15(8-6-11)13(17)10-4-5-12(16)14-9-10/h10-11H,2-9H2,1H3,(H,14,16). The van der Waals surface area contributed by atoms with Gasteiger partial charge in [-0.1, -0.05) is 0 Å². The van der Waals surface area contributed by atoms with Crippen molar-refractivity contribution >= 4 is 23.6 Å². The normalized spacial score (nSPS) is 29.6. The van der Waals surface area contributed by atoms with E-state index < -0.39 is 0 Å². The fraction of sp³-hybridized carbons (Fsp3) is 0.846. The molecule has 0 bridgehead atoms. The molecule has 2 atom stereocenters. The van der Waals surface area contributed by atoms with Gasteiger partial charge in [-0.25, -0.2) is 0 Å². The van der Waals surface area contributed by atoms with Crippen LogP contribution in [-0.4, -0.2) is 47.9 Å². The molecule has 2 fully saturated rings. The summed E-state index contributed by atoms with van der Waals surface area (Å²) in [5.41, 5.74) is 0. The fourth-order valence-corrected chi connectivity index (χ4v) is 3.47. The van der Waals surface area contributed by atoms with E-state index in [4.69, 9.17) is 0 Å². The lowest BCUT2D eigenvalue weighted by Crippen LogP contribution is -2.45. The van der Waals surface area contributed by atoms with E-state index in [1.54, 1.807) is 0 Å². The smallest absolute Gasteiger partial charge is 0.227 e. The Morgan fingerprint density at radius 3 is 2.83 bits per heavy atom. The molecule has 0 aliphatic carbocycles. The predicted octanol–water partition coefficient (Wildman–Crippen LogP) is 1.26. The zero-order valence-corrected chi connectivity index (χ0v) is 11.8. The third kappa shape index (κ3) is 3.40. The summed E-state index contributed by atoms with van der Waals surface area (Å²) in [5, 5.41) is 3.50. The molecule has 0 aromatic rings. The van der Waals surface area contributed by atoms with Gasteiger partial charge < -0.3 is 10.2 Å². The van der Waals surface area contributed by atoms with Crippen molar-refractivity contribution in [3.63, 3.8) is 0 Å². The van der Waals surface area contributed by atoms with Crippen molar-refractivity contribution < 1.29 is 9.59 Å². The molecule has 2 saturated heterocycles. The van der Waals surface area contributed by atoms with Crippen molar-refractivity contribution in [2.75, 3.05) is 25.9 Å². The van der Waals surface area contributed by atoms with Crippen LogP contribution in [0.15, 0.2) is 0 Å². The lowest BCUT2D eigenvalue weighted by molar-refractivity contribution is -0.137. The van der Waals surface area contributed by atoms with Gasteiger partial charge in [-0.15, -0.1) is 0 Å². The van der Waals surface area contributed by atoms with Crippen LogP contribution >= 0.6 is 11.8 Å². The summed E-state index contributed by atoms with van der Waals surface area (Å²) in [6.45, 7) is 2.30. The maximum Gasteiger partial charge on any atom is 0.227 e. The molecule has 4 nitrogen and oxygen atoms in total. The Hall–Kier alpha value is -0.710. The molecule has 18 heavy (non-hydrogen) atoms. The van der Waals surface area contributed by atoms with Crippen molar-refractivity contribution in [2.24, 2.45) is 5.92 Å². The Balaban J connectivity index is 1.86. The summed E-state index contributed by atoms with van der Waals surface area (Å²) in [6, 6.07) is 0. The summed E-state index contributed by atoms with van der Waals surface area (Å²) in [6.07, 6.45) is 6.79. The molecule has 0 saturated carbocycles. The van der Waals surface area contributed by atoms with Crippen LogP contribution in [0.25, 0.3) is 0 Å². The Morgan fingerprint density at radius 2 is 2.17 bits per heavy atom. The van der Waals surface area contributed by atoms with Gasteiger partial charge in [0.2, 0.25) is 11.8 Å². The summed E-state index contributed by atoms with van der Waals surface area (Å²) in [4.78, 5) is 25.5. The highest BCUT2D eigenvalue weighted by Crippen LogP contribution is 2.23. The van der Waals surface area contributed by atoms with E-state index in [1.165, 1.54) is 6.42 Å². The number of piperidine rings is 1. The van der Waals surface area contributed by atoms with Crippen LogP contribution in [-0.2, 0) is 9.59 Å². The topological polar surface area (TPSA) is 49.4 Å². The van der Waals surface area contributed by atoms with Gasteiger partial charge in [-0.2, -0.15) is 11.8 Å². The van der Waals surface area contributed by atoms with Gasteiger partial charge >= 0.3 is 0 Å². The maximum absolute atomic E-state index is 12.4. The molecule has 2 rings (SSSR count). The van der Waals surface area contributed by atoms with Gasteiger partial charge in [-0.3, -0.25) is 9.59 Å². The first kappa shape index (κ1) is 13.7. The molecule has 1 N–H and O–H groups in total. The van der Waals surface area contributed by atoms with Crippen molar-refractivity contribution in [3.05, 3.63) is 0 Å². The third-order valence-electron chi connectivity index (χ3n) is 3.93. The highest BCUT2D eigenvalue weighted by Gasteiger charge is 2.29. The molecule has 2 heterocycles. The van der Waals surface area contributed by atoms with Crippen molar-refractivity contribution in [3.8, 4) is 0 Å². The van der Waals surface area contributed by atoms with Gasteiger partial charge in [0.05, 0.1) is 5.92 Å². The molecule has 0 radical (unpaired) electrons. The van der Waals surface area contributed by atoms with Crippen molar-refractivity contribution in [2.45, 2.75) is 37.4 Å². The molecular formula is C13H22N2O2S. The first-order chi connectivity index (χ1) is 8.70. The van der Waals surface area contributed by atoms with Gasteiger partial charge in [-0.05, 0) is 31.9 Å². The first-order valence-electron chi connectivity index (χ1n) is 6.79. The number of likely N-dealkylation sites (tertiary alicyclic amines) is 1. The van der Waals surface area contributed by atoms with E-state index in [2.05, 4.69) is 11.6 Å². The van der Waals surface area contributed by atoms with Crippen LogP contribution in [0.4, 0.5) is 0 Å². The zero-order chi connectivity index (χ0) is 13.0. The lowest BCUT2D eigenvalue weighted by Gasteiger charge is -2.28. The number of rotatable bonds is 2. The molecule has 2 aliphatic rings. The third-order valence-corrected chi connectivity index (χ3v) is 5.07. The molecule has 5 heteroatoms. The fourth-order valence-electron chi connectivity index (χ4n) is 2.72. The zero-order valence-electron chi connectivity index (χ0n) is 11.0. The van der Waals surface area contributed by atoms with Crippen LogP contribution < -0.4 is 5.32 Å². The second-order valence-electron chi connectivity index (χ2n) is 5.15. The number of amides is 2. The number of carbonyl (C=O) groups is 2. The lowest BCUT2D eigenvalue weighted by atomic mass is 9.97. The van der Waals surface area contributed by atoms with Crippen LogP contribution in [0, 0.1) is 5.92 Å². The second kappa shape index (κ2) is 6.45. The largest absolute Gasteiger partial charge is 0.355 e. The van der Waals surface area contributed by atoms with Gasteiger partial charge in [0.25, 0.3) is 0 Å². The Kier molecular flexibility index (Phi) is 4.92. The Labute approximate surface area is 113 Å². The average Bonchev–Trinajstić information content (AvgIpc) is 2.64. The first-order valence-corrected chi connectivity index (χ1v) is 8.07. The van der Waals surface area contributed by atoms with Gasteiger partial charge in [0.1, 0.15) is 0 Å². The van der Waals surface area contributed by atoms with E-state index in [0.717, 1.165) is 25.9 Å². The number of nitrogens with zero attached hydrogens (tertiary/aromatic N) is 1. The van der Waals surface area contributed by atoms with Crippen LogP contribution in [0.3, 0.4) is 0 Å². The minimum atomic E-state index is 0.00790. The van der Waals surface area contributed by atoms with E-state index in [-0.39, 0.29) is 17.7 Å². The second-order valence-corrected chi connectivity index (χ2v) is 6.29. The highest BCUT2D eigenvalue weighted by atomic mass is 32.2. The number of carbonyl (C=O) groups excluding carboxylic acids is 2. The molecular weight excluding hydrogens is 248 g/mol. The molecule has 2 amide bonds. The number of nitrogens with one attached hydrogen (secondary N) is 1. The summed E-state index contributed by atoms with van der Waals surface area (Å²) in [5.74, 6) is 0.336.